The minimum atomic E-state index is 0.161. The molecular weight excluding hydrogens is 259 g/mol. The topological polar surface area (TPSA) is 0 Å². The first-order valence-electron chi connectivity index (χ1n) is 4.78. The Morgan fingerprint density at radius 3 is 2.14 bits per heavy atom. The number of hydrogen-bond acceptors (Lipinski definition) is 0. The summed E-state index contributed by atoms with van der Waals surface area (Å²) >= 11 is 9.74. The van der Waals surface area contributed by atoms with E-state index in [0.29, 0.717) is 0 Å². The van der Waals surface area contributed by atoms with Crippen LogP contribution in [0, 0.1) is 5.41 Å². The molecule has 0 heterocycles. The molecule has 2 heteroatoms. The van der Waals surface area contributed by atoms with Crippen LogP contribution < -0.4 is 0 Å². The summed E-state index contributed by atoms with van der Waals surface area (Å²) < 4.78 is 1.11. The molecule has 0 aliphatic heterocycles. The van der Waals surface area contributed by atoms with Crippen LogP contribution in [0.2, 0.25) is 0 Å². The lowest BCUT2D eigenvalue weighted by atomic mass is 9.88. The second kappa shape index (κ2) is 4.67. The lowest BCUT2D eigenvalue weighted by Crippen LogP contribution is -2.22. The fraction of sp³-hybridized carbons (Fsp3) is 0.500. The second-order valence-corrected chi connectivity index (χ2v) is 6.11. The summed E-state index contributed by atoms with van der Waals surface area (Å²) in [7, 11) is 0. The van der Waals surface area contributed by atoms with E-state index in [1.54, 1.807) is 0 Å². The van der Waals surface area contributed by atoms with Crippen molar-refractivity contribution in [1.29, 1.82) is 0 Å². The zero-order chi connectivity index (χ0) is 10.8. The Kier molecular flexibility index (Phi) is 4.03. The van der Waals surface area contributed by atoms with Crippen LogP contribution in [-0.2, 0) is 6.42 Å². The van der Waals surface area contributed by atoms with Gasteiger partial charge in [-0.2, -0.15) is 0 Å². The van der Waals surface area contributed by atoms with Gasteiger partial charge in [0.1, 0.15) is 0 Å². The zero-order valence-electron chi connectivity index (χ0n) is 8.85. The molecule has 0 saturated carbocycles. The van der Waals surface area contributed by atoms with Crippen LogP contribution in [-0.4, -0.2) is 5.38 Å². The second-order valence-electron chi connectivity index (χ2n) is 4.66. The highest BCUT2D eigenvalue weighted by atomic mass is 79.9. The van der Waals surface area contributed by atoms with E-state index in [4.69, 9.17) is 11.6 Å². The van der Waals surface area contributed by atoms with E-state index < -0.39 is 0 Å². The van der Waals surface area contributed by atoms with Crippen molar-refractivity contribution < 1.29 is 0 Å². The van der Waals surface area contributed by atoms with Crippen LogP contribution in [0.1, 0.15) is 26.3 Å². The van der Waals surface area contributed by atoms with Crippen molar-refractivity contribution in [2.24, 2.45) is 5.41 Å². The zero-order valence-corrected chi connectivity index (χ0v) is 11.2. The average Bonchev–Trinajstić information content (AvgIpc) is 2.07. The Hall–Kier alpha value is -0.0100. The van der Waals surface area contributed by atoms with E-state index in [2.05, 4.69) is 61.0 Å². The van der Waals surface area contributed by atoms with E-state index in [0.717, 1.165) is 10.9 Å². The fourth-order valence-electron chi connectivity index (χ4n) is 1.13. The van der Waals surface area contributed by atoms with Gasteiger partial charge in [0.15, 0.2) is 0 Å². The van der Waals surface area contributed by atoms with Gasteiger partial charge < -0.3 is 0 Å². The smallest absolute Gasteiger partial charge is 0.0424 e. The summed E-state index contributed by atoms with van der Waals surface area (Å²) in [4.78, 5) is 0. The summed E-state index contributed by atoms with van der Waals surface area (Å²) in [5.41, 5.74) is 1.46. The molecule has 0 saturated heterocycles. The highest BCUT2D eigenvalue weighted by molar-refractivity contribution is 9.10. The molecule has 1 aromatic rings. The van der Waals surface area contributed by atoms with Gasteiger partial charge in [0, 0.05) is 9.85 Å². The van der Waals surface area contributed by atoms with Gasteiger partial charge in [-0.1, -0.05) is 48.8 Å². The molecule has 0 nitrogen and oxygen atoms in total. The summed E-state index contributed by atoms with van der Waals surface area (Å²) in [6.07, 6.45) is 0.929. The maximum absolute atomic E-state index is 6.32. The molecule has 0 fully saturated rings. The first-order valence-corrected chi connectivity index (χ1v) is 6.01. The van der Waals surface area contributed by atoms with Crippen molar-refractivity contribution in [3.8, 4) is 0 Å². The van der Waals surface area contributed by atoms with E-state index in [-0.39, 0.29) is 10.8 Å². The number of hydrogen-bond donors (Lipinski definition) is 0. The molecule has 78 valence electrons. The maximum atomic E-state index is 6.32. The number of benzene rings is 1. The molecule has 0 aromatic heterocycles. The third-order valence-electron chi connectivity index (χ3n) is 2.27. The number of alkyl halides is 1. The number of halogens is 2. The Labute approximate surface area is 99.8 Å². The molecule has 0 spiro atoms. The summed E-state index contributed by atoms with van der Waals surface area (Å²) in [6.45, 7) is 6.51. The third kappa shape index (κ3) is 3.62. The SMILES string of the molecule is CC(C)(C)C(Cl)Cc1ccc(Br)cc1. The molecule has 1 rings (SSSR count). The van der Waals surface area contributed by atoms with Crippen molar-refractivity contribution in [3.05, 3.63) is 34.3 Å². The molecule has 1 aromatic carbocycles. The van der Waals surface area contributed by atoms with Gasteiger partial charge in [0.05, 0.1) is 0 Å². The quantitative estimate of drug-likeness (QED) is 0.690. The van der Waals surface area contributed by atoms with E-state index in [1.807, 2.05) is 0 Å². The molecule has 0 radical (unpaired) electrons. The summed E-state index contributed by atoms with van der Waals surface area (Å²) in [5, 5.41) is 0.184. The molecule has 0 aliphatic carbocycles. The van der Waals surface area contributed by atoms with Crippen molar-refractivity contribution in [2.45, 2.75) is 32.6 Å². The minimum absolute atomic E-state index is 0.161. The van der Waals surface area contributed by atoms with Gasteiger partial charge in [0.2, 0.25) is 0 Å². The third-order valence-corrected chi connectivity index (χ3v) is 3.61. The molecular formula is C12H16BrCl. The summed E-state index contributed by atoms with van der Waals surface area (Å²) in [5.74, 6) is 0. The van der Waals surface area contributed by atoms with Gasteiger partial charge in [-0.3, -0.25) is 0 Å². The Morgan fingerprint density at radius 2 is 1.71 bits per heavy atom. The van der Waals surface area contributed by atoms with Crippen molar-refractivity contribution in [3.63, 3.8) is 0 Å². The van der Waals surface area contributed by atoms with E-state index in [1.165, 1.54) is 5.56 Å². The number of rotatable bonds is 2. The van der Waals surface area contributed by atoms with Gasteiger partial charge in [-0.15, -0.1) is 11.6 Å². The van der Waals surface area contributed by atoms with Gasteiger partial charge in [0.25, 0.3) is 0 Å². The van der Waals surface area contributed by atoms with Crippen LogP contribution in [0.15, 0.2) is 28.7 Å². The monoisotopic (exact) mass is 274 g/mol. The normalized spacial score (nSPS) is 14.1. The van der Waals surface area contributed by atoms with Crippen molar-refractivity contribution in [2.75, 3.05) is 0 Å². The summed E-state index contributed by atoms with van der Waals surface area (Å²) in [6, 6.07) is 8.35. The van der Waals surface area contributed by atoms with Crippen LogP contribution in [0.4, 0.5) is 0 Å². The van der Waals surface area contributed by atoms with Gasteiger partial charge in [-0.25, -0.2) is 0 Å². The predicted octanol–water partition coefficient (Wildman–Crippen LogP) is 4.65. The predicted molar refractivity (Wildman–Crippen MR) is 66.9 cm³/mol. The van der Waals surface area contributed by atoms with Crippen LogP contribution in [0.25, 0.3) is 0 Å². The van der Waals surface area contributed by atoms with E-state index in [9.17, 15) is 0 Å². The molecule has 0 amide bonds. The highest BCUT2D eigenvalue weighted by Crippen LogP contribution is 2.27. The van der Waals surface area contributed by atoms with E-state index >= 15 is 0 Å². The van der Waals surface area contributed by atoms with Gasteiger partial charge in [-0.05, 0) is 29.5 Å². The molecule has 1 atom stereocenters. The molecule has 14 heavy (non-hydrogen) atoms. The largest absolute Gasteiger partial charge is 0.122 e. The molecule has 0 bridgehead atoms. The maximum Gasteiger partial charge on any atom is 0.0424 e. The fourth-order valence-corrected chi connectivity index (χ4v) is 1.58. The standard InChI is InChI=1S/C12H16BrCl/c1-12(2,3)11(14)8-9-4-6-10(13)7-5-9/h4-7,11H,8H2,1-3H3. The first-order chi connectivity index (χ1) is 6.39. The molecule has 1 unspecified atom stereocenters. The van der Waals surface area contributed by atoms with Crippen molar-refractivity contribution >= 4 is 27.5 Å². The molecule has 0 aliphatic rings. The van der Waals surface area contributed by atoms with Crippen molar-refractivity contribution in [1.82, 2.24) is 0 Å². The van der Waals surface area contributed by atoms with Gasteiger partial charge >= 0.3 is 0 Å². The Bertz CT molecular complexity index is 284. The average molecular weight is 276 g/mol. The van der Waals surface area contributed by atoms with Crippen LogP contribution in [0.5, 0.6) is 0 Å². The lowest BCUT2D eigenvalue weighted by molar-refractivity contribution is 0.386. The highest BCUT2D eigenvalue weighted by Gasteiger charge is 2.22. The minimum Gasteiger partial charge on any atom is -0.122 e. The first kappa shape index (κ1) is 12.1. The molecule has 0 N–H and O–H groups in total. The van der Waals surface area contributed by atoms with Crippen LogP contribution >= 0.6 is 27.5 Å². The Morgan fingerprint density at radius 1 is 1.21 bits per heavy atom. The Balaban J connectivity index is 2.65. The lowest BCUT2D eigenvalue weighted by Gasteiger charge is -2.25. The van der Waals surface area contributed by atoms with Crippen LogP contribution in [0.3, 0.4) is 0 Å².